The van der Waals surface area contributed by atoms with E-state index in [0.717, 1.165) is 19.4 Å². The lowest BCUT2D eigenvalue weighted by molar-refractivity contribution is -0.134. The molecule has 9 nitrogen and oxygen atoms in total. The van der Waals surface area contributed by atoms with Gasteiger partial charge in [-0.3, -0.25) is 4.79 Å². The fraction of sp³-hybridized carbons (Fsp3) is 0.826. The molecular formula is C23H40N2O7. The van der Waals surface area contributed by atoms with E-state index in [-0.39, 0.29) is 23.8 Å². The Morgan fingerprint density at radius 2 is 1.66 bits per heavy atom. The van der Waals surface area contributed by atoms with Gasteiger partial charge in [-0.05, 0) is 37.8 Å². The van der Waals surface area contributed by atoms with Crippen molar-refractivity contribution in [1.82, 2.24) is 10.1 Å². The number of hydrogen-bond donors (Lipinski definition) is 0. The summed E-state index contributed by atoms with van der Waals surface area (Å²) >= 11 is 0. The lowest BCUT2D eigenvalue weighted by atomic mass is 9.91. The Kier molecular flexibility index (Phi) is 12.6. The molecule has 32 heavy (non-hydrogen) atoms. The van der Waals surface area contributed by atoms with Gasteiger partial charge in [0.2, 0.25) is 5.91 Å². The Labute approximate surface area is 191 Å². The van der Waals surface area contributed by atoms with Gasteiger partial charge in [0, 0.05) is 25.3 Å². The molecule has 1 saturated heterocycles. The van der Waals surface area contributed by atoms with Crippen LogP contribution in [0.25, 0.3) is 0 Å². The van der Waals surface area contributed by atoms with Gasteiger partial charge in [-0.1, -0.05) is 13.8 Å². The van der Waals surface area contributed by atoms with Crippen LogP contribution >= 0.6 is 0 Å². The molecule has 0 spiro atoms. The van der Waals surface area contributed by atoms with Crippen molar-refractivity contribution >= 4 is 5.91 Å². The van der Waals surface area contributed by atoms with Gasteiger partial charge in [0.1, 0.15) is 12.5 Å². The van der Waals surface area contributed by atoms with Crippen LogP contribution in [-0.2, 0) is 23.7 Å². The second-order valence-corrected chi connectivity index (χ2v) is 8.19. The molecule has 2 heterocycles. The normalized spacial score (nSPS) is 17.3. The smallest absolute Gasteiger partial charge is 0.254 e. The Morgan fingerprint density at radius 1 is 1.06 bits per heavy atom. The maximum Gasteiger partial charge on any atom is 0.254 e. The van der Waals surface area contributed by atoms with Crippen LogP contribution in [0.1, 0.15) is 52.2 Å². The molecule has 2 rings (SSSR count). The minimum Gasteiger partial charge on any atom is -0.473 e. The van der Waals surface area contributed by atoms with Crippen LogP contribution < -0.4 is 4.74 Å². The SMILES string of the molecule is CCOCCOCCOCCOCCOc1cc(C(C(=O)N2CCCC2C)C(C)C)on1. The Balaban J connectivity index is 1.59. The Hall–Kier alpha value is -1.68. The Morgan fingerprint density at radius 3 is 2.19 bits per heavy atom. The van der Waals surface area contributed by atoms with E-state index in [2.05, 4.69) is 12.1 Å². The number of ether oxygens (including phenoxy) is 5. The zero-order valence-corrected chi connectivity index (χ0v) is 20.0. The van der Waals surface area contributed by atoms with Gasteiger partial charge in [-0.25, -0.2) is 0 Å². The second kappa shape index (κ2) is 15.2. The van der Waals surface area contributed by atoms with E-state index in [4.69, 9.17) is 28.2 Å². The number of likely N-dealkylation sites (tertiary alicyclic amines) is 1. The summed E-state index contributed by atoms with van der Waals surface area (Å²) in [7, 11) is 0. The first-order valence-corrected chi connectivity index (χ1v) is 11.8. The van der Waals surface area contributed by atoms with E-state index in [9.17, 15) is 4.79 Å². The minimum absolute atomic E-state index is 0.106. The highest BCUT2D eigenvalue weighted by molar-refractivity contribution is 5.84. The van der Waals surface area contributed by atoms with E-state index >= 15 is 0 Å². The summed E-state index contributed by atoms with van der Waals surface area (Å²) in [4.78, 5) is 15.0. The second-order valence-electron chi connectivity index (χ2n) is 8.19. The third-order valence-electron chi connectivity index (χ3n) is 5.38. The van der Waals surface area contributed by atoms with Crippen molar-refractivity contribution in [3.8, 4) is 5.88 Å². The molecule has 2 unspecified atom stereocenters. The molecule has 0 aromatic carbocycles. The molecule has 1 fully saturated rings. The van der Waals surface area contributed by atoms with E-state index in [1.54, 1.807) is 6.07 Å². The van der Waals surface area contributed by atoms with E-state index in [1.807, 2.05) is 25.7 Å². The van der Waals surface area contributed by atoms with Gasteiger partial charge in [-0.15, -0.1) is 0 Å². The molecule has 1 aromatic rings. The zero-order chi connectivity index (χ0) is 23.2. The van der Waals surface area contributed by atoms with Gasteiger partial charge >= 0.3 is 0 Å². The fourth-order valence-corrected chi connectivity index (χ4v) is 3.67. The molecule has 1 amide bonds. The summed E-state index contributed by atoms with van der Waals surface area (Å²) in [5.41, 5.74) is 0. The minimum atomic E-state index is -0.350. The van der Waals surface area contributed by atoms with Crippen molar-refractivity contribution in [3.05, 3.63) is 11.8 Å². The number of aromatic nitrogens is 1. The monoisotopic (exact) mass is 456 g/mol. The molecule has 0 saturated carbocycles. The topological polar surface area (TPSA) is 92.5 Å². The summed E-state index contributed by atoms with van der Waals surface area (Å²) in [5, 5.41) is 3.97. The summed E-state index contributed by atoms with van der Waals surface area (Å²) in [6.45, 7) is 13.6. The van der Waals surface area contributed by atoms with Crippen LogP contribution in [-0.4, -0.2) is 88.0 Å². The van der Waals surface area contributed by atoms with Gasteiger partial charge in [-0.2, -0.15) is 0 Å². The number of hydrogen-bond acceptors (Lipinski definition) is 8. The fourth-order valence-electron chi connectivity index (χ4n) is 3.67. The third-order valence-corrected chi connectivity index (χ3v) is 5.38. The van der Waals surface area contributed by atoms with Crippen LogP contribution in [0.3, 0.4) is 0 Å². The number of nitrogens with zero attached hydrogens (tertiary/aromatic N) is 2. The molecule has 0 bridgehead atoms. The van der Waals surface area contributed by atoms with Crippen molar-refractivity contribution in [1.29, 1.82) is 0 Å². The van der Waals surface area contributed by atoms with Crippen molar-refractivity contribution in [2.24, 2.45) is 5.92 Å². The average Bonchev–Trinajstić information content (AvgIpc) is 3.40. The summed E-state index contributed by atoms with van der Waals surface area (Å²) < 4.78 is 32.5. The largest absolute Gasteiger partial charge is 0.473 e. The van der Waals surface area contributed by atoms with Gasteiger partial charge < -0.3 is 33.1 Å². The predicted molar refractivity (Wildman–Crippen MR) is 119 cm³/mol. The standard InChI is InChI=1S/C23H40N2O7/c1-5-27-9-10-28-11-12-29-13-14-30-15-16-31-21-17-20(32-24-21)22(18(2)3)23(26)25-8-6-7-19(25)4/h17-19,22H,5-16H2,1-4H3. The highest BCUT2D eigenvalue weighted by Gasteiger charge is 2.35. The highest BCUT2D eigenvalue weighted by Crippen LogP contribution is 2.31. The van der Waals surface area contributed by atoms with E-state index < -0.39 is 0 Å². The molecule has 1 aliphatic rings. The zero-order valence-electron chi connectivity index (χ0n) is 20.0. The Bertz CT molecular complexity index is 638. The first-order chi connectivity index (χ1) is 15.5. The summed E-state index contributed by atoms with van der Waals surface area (Å²) in [6, 6.07) is 1.99. The van der Waals surface area contributed by atoms with Crippen LogP contribution in [0.4, 0.5) is 0 Å². The van der Waals surface area contributed by atoms with Crippen LogP contribution in [0.2, 0.25) is 0 Å². The van der Waals surface area contributed by atoms with Crippen molar-refractivity contribution in [3.63, 3.8) is 0 Å². The quantitative estimate of drug-likeness (QED) is 0.331. The van der Waals surface area contributed by atoms with Gasteiger partial charge in [0.25, 0.3) is 5.88 Å². The van der Waals surface area contributed by atoms with Crippen molar-refractivity contribution in [2.45, 2.75) is 52.5 Å². The molecule has 0 N–H and O–H groups in total. The van der Waals surface area contributed by atoms with Gasteiger partial charge in [0.15, 0.2) is 5.76 Å². The predicted octanol–water partition coefficient (Wildman–Crippen LogP) is 2.89. The molecule has 0 aliphatic carbocycles. The lowest BCUT2D eigenvalue weighted by Gasteiger charge is -2.27. The van der Waals surface area contributed by atoms with E-state index in [1.165, 1.54) is 0 Å². The van der Waals surface area contributed by atoms with Crippen LogP contribution in [0, 0.1) is 5.92 Å². The average molecular weight is 457 g/mol. The van der Waals surface area contributed by atoms with Gasteiger partial charge in [0.05, 0.1) is 46.2 Å². The first-order valence-electron chi connectivity index (χ1n) is 11.8. The molecule has 9 heteroatoms. The maximum atomic E-state index is 13.0. The van der Waals surface area contributed by atoms with Crippen LogP contribution in [0.15, 0.2) is 10.6 Å². The third kappa shape index (κ3) is 9.05. The number of carbonyl (C=O) groups is 1. The van der Waals surface area contributed by atoms with E-state index in [0.29, 0.717) is 71.1 Å². The number of carbonyl (C=O) groups excluding carboxylic acids is 1. The number of amides is 1. The first kappa shape index (κ1) is 26.6. The molecule has 0 radical (unpaired) electrons. The highest BCUT2D eigenvalue weighted by atomic mass is 16.6. The van der Waals surface area contributed by atoms with Crippen molar-refractivity contribution in [2.75, 3.05) is 66.0 Å². The molecule has 1 aliphatic heterocycles. The summed E-state index contributed by atoms with van der Waals surface area (Å²) in [5.74, 6) is 0.788. The number of rotatable bonds is 17. The molecule has 1 aromatic heterocycles. The van der Waals surface area contributed by atoms with Crippen LogP contribution in [0.5, 0.6) is 5.88 Å². The molecule has 2 atom stereocenters. The molecular weight excluding hydrogens is 416 g/mol. The summed E-state index contributed by atoms with van der Waals surface area (Å²) in [6.07, 6.45) is 2.10. The lowest BCUT2D eigenvalue weighted by Crippen LogP contribution is -2.38. The van der Waals surface area contributed by atoms with Crippen molar-refractivity contribution < 1.29 is 33.0 Å². The maximum absolute atomic E-state index is 13.0. The molecule has 184 valence electrons.